The van der Waals surface area contributed by atoms with Gasteiger partial charge in [0.2, 0.25) is 0 Å². The van der Waals surface area contributed by atoms with Gasteiger partial charge in [-0.05, 0) is 38.4 Å². The normalized spacial score (nSPS) is 22.2. The average molecular weight is 297 g/mol. The fraction of sp³-hybridized carbons (Fsp3) is 0.375. The summed E-state index contributed by atoms with van der Waals surface area (Å²) in [6, 6.07) is 3.79. The molecule has 6 nitrogen and oxygen atoms in total. The lowest BCUT2D eigenvalue weighted by Crippen LogP contribution is -2.47. The van der Waals surface area contributed by atoms with E-state index in [0.717, 1.165) is 53.6 Å². The summed E-state index contributed by atoms with van der Waals surface area (Å²) in [6.07, 6.45) is 5.66. The number of nitrogens with two attached hydrogens (primary N) is 1. The largest absolute Gasteiger partial charge is 0.485 e. The first-order chi connectivity index (χ1) is 10.6. The quantitative estimate of drug-likeness (QED) is 0.675. The van der Waals surface area contributed by atoms with Crippen LogP contribution in [-0.4, -0.2) is 33.6 Å². The highest BCUT2D eigenvalue weighted by Crippen LogP contribution is 2.35. The highest BCUT2D eigenvalue weighted by molar-refractivity contribution is 6.09. The molecule has 0 saturated carbocycles. The first-order valence-electron chi connectivity index (χ1n) is 7.56. The second-order valence-electron chi connectivity index (χ2n) is 6.14. The van der Waals surface area contributed by atoms with Crippen molar-refractivity contribution < 1.29 is 4.74 Å². The Morgan fingerprint density at radius 3 is 3.09 bits per heavy atom. The first kappa shape index (κ1) is 13.3. The van der Waals surface area contributed by atoms with Crippen LogP contribution in [0.15, 0.2) is 24.5 Å². The zero-order valence-electron chi connectivity index (χ0n) is 12.5. The van der Waals surface area contributed by atoms with E-state index in [1.165, 1.54) is 0 Å². The Kier molecular flexibility index (Phi) is 2.94. The minimum absolute atomic E-state index is 0.200. The van der Waals surface area contributed by atoms with Gasteiger partial charge in [-0.1, -0.05) is 0 Å². The lowest BCUT2D eigenvalue weighted by Gasteiger charge is -2.34. The number of nitrogens with zero attached hydrogens (tertiary/aromatic N) is 2. The van der Waals surface area contributed by atoms with Gasteiger partial charge in [0.15, 0.2) is 0 Å². The highest BCUT2D eigenvalue weighted by Gasteiger charge is 2.29. The number of H-pyrrole nitrogens is 1. The van der Waals surface area contributed by atoms with E-state index in [1.807, 2.05) is 12.1 Å². The van der Waals surface area contributed by atoms with Crippen LogP contribution < -0.4 is 15.8 Å². The van der Waals surface area contributed by atoms with E-state index in [2.05, 4.69) is 27.2 Å². The standard InChI is InChI=1S/C16H19N5O/c1-16(4-2-5-18-9-16)22-12-3-6-19-15-14(12)10-7-13(17)20-8-11(10)21-15/h3,6-8,18H,2,4-5,9H2,1H3,(H2,17,20)(H,19,21). The van der Waals surface area contributed by atoms with Crippen LogP contribution in [0.25, 0.3) is 21.9 Å². The van der Waals surface area contributed by atoms with Crippen molar-refractivity contribution in [2.24, 2.45) is 0 Å². The maximum atomic E-state index is 6.38. The molecule has 4 rings (SSSR count). The van der Waals surface area contributed by atoms with Crippen molar-refractivity contribution in [2.45, 2.75) is 25.4 Å². The van der Waals surface area contributed by atoms with Crippen LogP contribution >= 0.6 is 0 Å². The summed E-state index contributed by atoms with van der Waals surface area (Å²) in [7, 11) is 0. The minimum atomic E-state index is -0.200. The molecule has 22 heavy (non-hydrogen) atoms. The molecule has 0 aromatic carbocycles. The molecular formula is C16H19N5O. The molecule has 3 aromatic rings. The van der Waals surface area contributed by atoms with Crippen molar-refractivity contribution in [1.29, 1.82) is 0 Å². The predicted octanol–water partition coefficient (Wildman–Crippen LogP) is 2.21. The van der Waals surface area contributed by atoms with Crippen LogP contribution in [-0.2, 0) is 0 Å². The summed E-state index contributed by atoms with van der Waals surface area (Å²) in [5.41, 5.74) is 7.35. The molecule has 3 aromatic heterocycles. The smallest absolute Gasteiger partial charge is 0.142 e. The first-order valence-corrected chi connectivity index (χ1v) is 7.56. The summed E-state index contributed by atoms with van der Waals surface area (Å²) in [5.74, 6) is 1.33. The molecule has 114 valence electrons. The number of rotatable bonds is 2. The van der Waals surface area contributed by atoms with E-state index in [4.69, 9.17) is 10.5 Å². The second-order valence-corrected chi connectivity index (χ2v) is 6.14. The van der Waals surface area contributed by atoms with Crippen molar-refractivity contribution in [3.8, 4) is 5.75 Å². The summed E-state index contributed by atoms with van der Waals surface area (Å²) in [6.45, 7) is 4.05. The van der Waals surface area contributed by atoms with E-state index < -0.39 is 0 Å². The van der Waals surface area contributed by atoms with Crippen LogP contribution in [0.4, 0.5) is 5.82 Å². The van der Waals surface area contributed by atoms with Gasteiger partial charge < -0.3 is 20.8 Å². The molecule has 6 heteroatoms. The van der Waals surface area contributed by atoms with Gasteiger partial charge in [0.05, 0.1) is 17.1 Å². The molecule has 0 spiro atoms. The molecule has 1 fully saturated rings. The summed E-state index contributed by atoms with van der Waals surface area (Å²) in [4.78, 5) is 11.8. The molecule has 1 aliphatic heterocycles. The minimum Gasteiger partial charge on any atom is -0.485 e. The van der Waals surface area contributed by atoms with Gasteiger partial charge in [-0.3, -0.25) is 0 Å². The Hall–Kier alpha value is -2.34. The number of fused-ring (bicyclic) bond motifs is 3. The molecule has 1 atom stereocenters. The lowest BCUT2D eigenvalue weighted by molar-refractivity contribution is 0.0631. The number of aromatic nitrogens is 3. The summed E-state index contributed by atoms with van der Waals surface area (Å²) < 4.78 is 6.38. The maximum absolute atomic E-state index is 6.38. The Morgan fingerprint density at radius 2 is 2.27 bits per heavy atom. The molecule has 4 heterocycles. The molecule has 0 bridgehead atoms. The van der Waals surface area contributed by atoms with E-state index in [1.54, 1.807) is 12.4 Å². The number of ether oxygens (including phenoxy) is 1. The molecule has 0 amide bonds. The zero-order valence-corrected chi connectivity index (χ0v) is 12.5. The van der Waals surface area contributed by atoms with Crippen LogP contribution in [0.3, 0.4) is 0 Å². The Labute approximate surface area is 128 Å². The van der Waals surface area contributed by atoms with Crippen molar-refractivity contribution in [3.05, 3.63) is 24.5 Å². The molecular weight excluding hydrogens is 278 g/mol. The number of pyridine rings is 2. The number of piperidine rings is 1. The number of hydrogen-bond donors (Lipinski definition) is 3. The van der Waals surface area contributed by atoms with Crippen molar-refractivity contribution in [1.82, 2.24) is 20.3 Å². The second kappa shape index (κ2) is 4.84. The Morgan fingerprint density at radius 1 is 1.36 bits per heavy atom. The molecule has 1 saturated heterocycles. The van der Waals surface area contributed by atoms with Gasteiger partial charge in [-0.25, -0.2) is 9.97 Å². The van der Waals surface area contributed by atoms with E-state index >= 15 is 0 Å². The Bertz CT molecular complexity index is 835. The summed E-state index contributed by atoms with van der Waals surface area (Å²) >= 11 is 0. The molecule has 1 aliphatic rings. The SMILES string of the molecule is CC1(Oc2ccnc3[nH]c4cnc(N)cc4c23)CCCNC1. The number of aromatic amines is 1. The lowest BCUT2D eigenvalue weighted by atomic mass is 9.96. The fourth-order valence-electron chi connectivity index (χ4n) is 3.17. The van der Waals surface area contributed by atoms with Gasteiger partial charge in [0.25, 0.3) is 0 Å². The third-order valence-electron chi connectivity index (χ3n) is 4.27. The molecule has 4 N–H and O–H groups in total. The van der Waals surface area contributed by atoms with Gasteiger partial charge in [0, 0.05) is 18.1 Å². The van der Waals surface area contributed by atoms with Gasteiger partial charge in [-0.15, -0.1) is 0 Å². The zero-order chi connectivity index (χ0) is 15.2. The number of nitrogen functional groups attached to an aromatic ring is 1. The van der Waals surface area contributed by atoms with Crippen LogP contribution in [0.2, 0.25) is 0 Å². The maximum Gasteiger partial charge on any atom is 0.142 e. The predicted molar refractivity (Wildman–Crippen MR) is 86.9 cm³/mol. The Balaban J connectivity index is 1.86. The van der Waals surface area contributed by atoms with Crippen LogP contribution in [0.5, 0.6) is 5.75 Å². The van der Waals surface area contributed by atoms with Crippen molar-refractivity contribution >= 4 is 27.8 Å². The van der Waals surface area contributed by atoms with Crippen molar-refractivity contribution in [3.63, 3.8) is 0 Å². The molecule has 1 unspecified atom stereocenters. The fourth-order valence-corrected chi connectivity index (χ4v) is 3.17. The number of nitrogens with one attached hydrogen (secondary N) is 2. The van der Waals surface area contributed by atoms with Crippen LogP contribution in [0.1, 0.15) is 19.8 Å². The van der Waals surface area contributed by atoms with Gasteiger partial charge >= 0.3 is 0 Å². The molecule has 0 aliphatic carbocycles. The van der Waals surface area contributed by atoms with E-state index in [0.29, 0.717) is 5.82 Å². The third kappa shape index (κ3) is 2.16. The summed E-state index contributed by atoms with van der Waals surface area (Å²) in [5, 5.41) is 5.37. The van der Waals surface area contributed by atoms with Crippen LogP contribution in [0, 0.1) is 0 Å². The number of hydrogen-bond acceptors (Lipinski definition) is 5. The van der Waals surface area contributed by atoms with Gasteiger partial charge in [-0.2, -0.15) is 0 Å². The molecule has 0 radical (unpaired) electrons. The van der Waals surface area contributed by atoms with Crippen molar-refractivity contribution in [2.75, 3.05) is 18.8 Å². The topological polar surface area (TPSA) is 88.8 Å². The third-order valence-corrected chi connectivity index (χ3v) is 4.27. The number of anilines is 1. The van der Waals surface area contributed by atoms with E-state index in [-0.39, 0.29) is 5.60 Å². The average Bonchev–Trinajstić information content (AvgIpc) is 2.86. The van der Waals surface area contributed by atoms with E-state index in [9.17, 15) is 0 Å². The monoisotopic (exact) mass is 297 g/mol. The highest BCUT2D eigenvalue weighted by atomic mass is 16.5. The van der Waals surface area contributed by atoms with Gasteiger partial charge in [0.1, 0.15) is 22.8 Å².